The molecule has 1 aliphatic heterocycles. The van der Waals surface area contributed by atoms with Gasteiger partial charge in [-0.3, -0.25) is 19.2 Å². The number of nitrogens with one attached hydrogen (secondary N) is 3. The molecule has 0 aromatic heterocycles. The Hall–Kier alpha value is -3.89. The normalized spacial score (nSPS) is 19.0. The summed E-state index contributed by atoms with van der Waals surface area (Å²) in [6.07, 6.45) is -5.39. The summed E-state index contributed by atoms with van der Waals surface area (Å²) >= 11 is 0. The Morgan fingerprint density at radius 3 is 2.18 bits per heavy atom. The first kappa shape index (κ1) is 24.7. The summed E-state index contributed by atoms with van der Waals surface area (Å²) in [5, 5.41) is 7.30. The lowest BCUT2D eigenvalue weighted by Gasteiger charge is -2.29. The summed E-state index contributed by atoms with van der Waals surface area (Å²) in [5.74, 6) is -2.93. The molecular formula is C23H23F3N4O4. The van der Waals surface area contributed by atoms with E-state index in [-0.39, 0.29) is 12.0 Å². The van der Waals surface area contributed by atoms with E-state index in [1.165, 1.54) is 18.2 Å². The Balaban J connectivity index is 1.61. The van der Waals surface area contributed by atoms with Crippen LogP contribution in [-0.4, -0.2) is 41.8 Å². The predicted octanol–water partition coefficient (Wildman–Crippen LogP) is 0.834. The standard InChI is InChI=1S/C23H23F3N4O4/c24-23(25,26)15-9-5-4-8-14(15)11-16(20(27)32)28-19(31)12-18-22(34)29-17(21(33)30-18)10-13-6-2-1-3-7-13/h1-9,16-18H,10-12H2,(H2,27,32)(H,28,31)(H,29,34)(H,30,33)/t16-,17+,18+/m1/s1. The molecule has 1 aliphatic rings. The molecule has 1 saturated heterocycles. The molecule has 0 spiro atoms. The number of carbonyl (C=O) groups excluding carboxylic acids is 4. The first-order chi connectivity index (χ1) is 16.0. The zero-order valence-corrected chi connectivity index (χ0v) is 17.9. The number of piperazine rings is 1. The molecule has 5 N–H and O–H groups in total. The quantitative estimate of drug-likeness (QED) is 0.450. The number of carbonyl (C=O) groups is 4. The van der Waals surface area contributed by atoms with Crippen molar-refractivity contribution in [3.8, 4) is 0 Å². The number of amides is 4. The van der Waals surface area contributed by atoms with Gasteiger partial charge in [0.1, 0.15) is 18.1 Å². The first-order valence-corrected chi connectivity index (χ1v) is 10.4. The average molecular weight is 476 g/mol. The lowest BCUT2D eigenvalue weighted by molar-refractivity contribution is -0.139. The maximum Gasteiger partial charge on any atom is 0.416 e. The van der Waals surface area contributed by atoms with Gasteiger partial charge in [-0.25, -0.2) is 0 Å². The van der Waals surface area contributed by atoms with Crippen molar-refractivity contribution in [3.05, 3.63) is 71.3 Å². The van der Waals surface area contributed by atoms with Crippen molar-refractivity contribution in [3.63, 3.8) is 0 Å². The number of hydrogen-bond acceptors (Lipinski definition) is 4. The summed E-state index contributed by atoms with van der Waals surface area (Å²) in [6.45, 7) is 0. The van der Waals surface area contributed by atoms with E-state index in [9.17, 15) is 32.3 Å². The Morgan fingerprint density at radius 1 is 0.941 bits per heavy atom. The highest BCUT2D eigenvalue weighted by Crippen LogP contribution is 2.32. The van der Waals surface area contributed by atoms with Crippen LogP contribution in [0.3, 0.4) is 0 Å². The number of benzene rings is 2. The van der Waals surface area contributed by atoms with E-state index in [4.69, 9.17) is 5.73 Å². The fourth-order valence-electron chi connectivity index (χ4n) is 3.67. The number of halogens is 3. The van der Waals surface area contributed by atoms with Crippen LogP contribution in [0.4, 0.5) is 13.2 Å². The van der Waals surface area contributed by atoms with Crippen LogP contribution in [0.25, 0.3) is 0 Å². The third kappa shape index (κ3) is 6.33. The second kappa shape index (κ2) is 10.4. The summed E-state index contributed by atoms with van der Waals surface area (Å²) in [7, 11) is 0. The van der Waals surface area contributed by atoms with Gasteiger partial charge in [0.2, 0.25) is 23.6 Å². The van der Waals surface area contributed by atoms with Gasteiger partial charge in [0.15, 0.2) is 0 Å². The third-order valence-electron chi connectivity index (χ3n) is 5.36. The lowest BCUT2D eigenvalue weighted by Crippen LogP contribution is -2.63. The smallest absolute Gasteiger partial charge is 0.368 e. The average Bonchev–Trinajstić information content (AvgIpc) is 2.77. The summed E-state index contributed by atoms with van der Waals surface area (Å²) < 4.78 is 39.7. The largest absolute Gasteiger partial charge is 0.416 e. The van der Waals surface area contributed by atoms with E-state index < -0.39 is 66.3 Å². The molecule has 0 unspecified atom stereocenters. The molecule has 34 heavy (non-hydrogen) atoms. The van der Waals surface area contributed by atoms with Crippen LogP contribution in [0.5, 0.6) is 0 Å². The minimum Gasteiger partial charge on any atom is -0.368 e. The van der Waals surface area contributed by atoms with Gasteiger partial charge in [0.25, 0.3) is 0 Å². The maximum absolute atomic E-state index is 13.2. The molecule has 11 heteroatoms. The Bertz CT molecular complexity index is 1080. The van der Waals surface area contributed by atoms with Crippen LogP contribution in [0.1, 0.15) is 23.1 Å². The van der Waals surface area contributed by atoms with Gasteiger partial charge in [-0.1, -0.05) is 48.5 Å². The zero-order valence-electron chi connectivity index (χ0n) is 17.9. The number of primary amides is 1. The highest BCUT2D eigenvalue weighted by Gasteiger charge is 2.36. The molecule has 3 atom stereocenters. The molecule has 0 saturated carbocycles. The van der Waals surface area contributed by atoms with Crippen LogP contribution >= 0.6 is 0 Å². The van der Waals surface area contributed by atoms with Crippen LogP contribution in [0.15, 0.2) is 54.6 Å². The van der Waals surface area contributed by atoms with Crippen molar-refractivity contribution in [2.75, 3.05) is 0 Å². The van der Waals surface area contributed by atoms with Gasteiger partial charge >= 0.3 is 6.18 Å². The Labute approximate surface area is 193 Å². The van der Waals surface area contributed by atoms with Gasteiger partial charge in [-0.05, 0) is 17.2 Å². The van der Waals surface area contributed by atoms with E-state index in [1.807, 2.05) is 6.07 Å². The van der Waals surface area contributed by atoms with Crippen molar-refractivity contribution in [2.24, 2.45) is 5.73 Å². The molecule has 180 valence electrons. The summed E-state index contributed by atoms with van der Waals surface area (Å²) in [5.41, 5.74) is 4.96. The van der Waals surface area contributed by atoms with Crippen LogP contribution in [0, 0.1) is 0 Å². The second-order valence-corrected chi connectivity index (χ2v) is 7.90. The fourth-order valence-corrected chi connectivity index (χ4v) is 3.67. The molecule has 0 bridgehead atoms. The van der Waals surface area contributed by atoms with Crippen molar-refractivity contribution in [2.45, 2.75) is 43.6 Å². The Kier molecular flexibility index (Phi) is 7.54. The van der Waals surface area contributed by atoms with E-state index in [1.54, 1.807) is 24.3 Å². The molecule has 1 heterocycles. The summed E-state index contributed by atoms with van der Waals surface area (Å²) in [4.78, 5) is 49.1. The molecule has 0 radical (unpaired) electrons. The molecule has 0 aliphatic carbocycles. The lowest BCUT2D eigenvalue weighted by atomic mass is 9.98. The Morgan fingerprint density at radius 2 is 1.53 bits per heavy atom. The molecule has 2 aromatic carbocycles. The van der Waals surface area contributed by atoms with Crippen molar-refractivity contribution < 1.29 is 32.3 Å². The molecule has 1 fully saturated rings. The highest BCUT2D eigenvalue weighted by molar-refractivity contribution is 5.99. The van der Waals surface area contributed by atoms with E-state index in [0.717, 1.165) is 11.6 Å². The minimum absolute atomic E-state index is 0.216. The SMILES string of the molecule is NC(=O)[C@@H](Cc1ccccc1C(F)(F)F)NC(=O)C[C@@H]1NC(=O)[C@H](Cc2ccccc2)NC1=O. The molecule has 4 amide bonds. The van der Waals surface area contributed by atoms with Gasteiger partial charge < -0.3 is 21.7 Å². The number of alkyl halides is 3. The monoisotopic (exact) mass is 476 g/mol. The highest BCUT2D eigenvalue weighted by atomic mass is 19.4. The topological polar surface area (TPSA) is 130 Å². The number of rotatable bonds is 8. The van der Waals surface area contributed by atoms with Crippen LogP contribution in [-0.2, 0) is 38.2 Å². The van der Waals surface area contributed by atoms with Gasteiger partial charge in [0.05, 0.1) is 12.0 Å². The van der Waals surface area contributed by atoms with Crippen LogP contribution in [0.2, 0.25) is 0 Å². The third-order valence-corrected chi connectivity index (χ3v) is 5.36. The van der Waals surface area contributed by atoms with Gasteiger partial charge in [0, 0.05) is 12.8 Å². The van der Waals surface area contributed by atoms with Gasteiger partial charge in [-0.15, -0.1) is 0 Å². The van der Waals surface area contributed by atoms with Crippen molar-refractivity contribution in [1.82, 2.24) is 16.0 Å². The maximum atomic E-state index is 13.2. The summed E-state index contributed by atoms with van der Waals surface area (Å²) in [6, 6.07) is 10.2. The number of nitrogens with two attached hydrogens (primary N) is 1. The molecule has 2 aromatic rings. The van der Waals surface area contributed by atoms with E-state index in [2.05, 4.69) is 16.0 Å². The van der Waals surface area contributed by atoms with Crippen molar-refractivity contribution in [1.29, 1.82) is 0 Å². The zero-order chi connectivity index (χ0) is 24.9. The van der Waals surface area contributed by atoms with Crippen molar-refractivity contribution >= 4 is 23.6 Å². The minimum atomic E-state index is -4.65. The number of hydrogen-bond donors (Lipinski definition) is 4. The van der Waals surface area contributed by atoms with E-state index >= 15 is 0 Å². The predicted molar refractivity (Wildman–Crippen MR) is 115 cm³/mol. The molecule has 3 rings (SSSR count). The first-order valence-electron chi connectivity index (χ1n) is 10.4. The fraction of sp³-hybridized carbons (Fsp3) is 0.304. The second-order valence-electron chi connectivity index (χ2n) is 7.90. The molecule has 8 nitrogen and oxygen atoms in total. The van der Waals surface area contributed by atoms with Gasteiger partial charge in [-0.2, -0.15) is 13.2 Å². The van der Waals surface area contributed by atoms with Crippen LogP contribution < -0.4 is 21.7 Å². The molecular weight excluding hydrogens is 453 g/mol. The van der Waals surface area contributed by atoms with E-state index in [0.29, 0.717) is 0 Å².